The van der Waals surface area contributed by atoms with Crippen molar-refractivity contribution in [2.75, 3.05) is 11.9 Å². The lowest BCUT2D eigenvalue weighted by Gasteiger charge is -2.04. The molecule has 0 unspecified atom stereocenters. The normalized spacial score (nSPS) is 10.6. The molecule has 0 fully saturated rings. The van der Waals surface area contributed by atoms with Gasteiger partial charge in [0, 0.05) is 10.7 Å². The van der Waals surface area contributed by atoms with Gasteiger partial charge < -0.3 is 5.32 Å². The van der Waals surface area contributed by atoms with Gasteiger partial charge in [0.15, 0.2) is 0 Å². The summed E-state index contributed by atoms with van der Waals surface area (Å²) in [6.45, 7) is 0.0452. The molecule has 0 spiro atoms. The molecular weight excluding hydrogens is 293 g/mol. The summed E-state index contributed by atoms with van der Waals surface area (Å²) in [5, 5.41) is 7.33. The van der Waals surface area contributed by atoms with Gasteiger partial charge in [0.05, 0.1) is 12.8 Å². The SMILES string of the molecule is O=C(CNc1ccc(F)cc1)N/N=C\c1ccc(Cl)cc1. The molecule has 0 saturated heterocycles. The third-order valence-corrected chi connectivity index (χ3v) is 2.82. The Morgan fingerprint density at radius 1 is 1.14 bits per heavy atom. The fraction of sp³-hybridized carbons (Fsp3) is 0.0667. The van der Waals surface area contributed by atoms with Crippen LogP contribution in [-0.4, -0.2) is 18.7 Å². The Labute approximate surface area is 126 Å². The van der Waals surface area contributed by atoms with Crippen molar-refractivity contribution in [3.05, 3.63) is 64.9 Å². The monoisotopic (exact) mass is 305 g/mol. The third kappa shape index (κ3) is 5.24. The van der Waals surface area contributed by atoms with E-state index in [0.717, 1.165) is 5.56 Å². The van der Waals surface area contributed by atoms with Crippen LogP contribution in [0, 0.1) is 5.82 Å². The van der Waals surface area contributed by atoms with Gasteiger partial charge in [-0.25, -0.2) is 9.82 Å². The quantitative estimate of drug-likeness (QED) is 0.659. The number of hydrogen-bond acceptors (Lipinski definition) is 3. The molecular formula is C15H13ClFN3O. The van der Waals surface area contributed by atoms with E-state index in [1.807, 2.05) is 0 Å². The number of carbonyl (C=O) groups excluding carboxylic acids is 1. The smallest absolute Gasteiger partial charge is 0.259 e. The number of amides is 1. The van der Waals surface area contributed by atoms with Crippen LogP contribution >= 0.6 is 11.6 Å². The van der Waals surface area contributed by atoms with Crippen LogP contribution in [0.15, 0.2) is 53.6 Å². The molecule has 0 aromatic heterocycles. The first-order valence-corrected chi connectivity index (χ1v) is 6.58. The lowest BCUT2D eigenvalue weighted by Crippen LogP contribution is -2.25. The predicted octanol–water partition coefficient (Wildman–Crippen LogP) is 3.04. The van der Waals surface area contributed by atoms with Gasteiger partial charge in [0.2, 0.25) is 0 Å². The van der Waals surface area contributed by atoms with Gasteiger partial charge in [0.1, 0.15) is 5.82 Å². The van der Waals surface area contributed by atoms with Crippen LogP contribution in [0.25, 0.3) is 0 Å². The molecule has 0 bridgehead atoms. The number of rotatable bonds is 5. The molecule has 4 nitrogen and oxygen atoms in total. The molecule has 2 aromatic carbocycles. The number of hydrazone groups is 1. The Kier molecular flexibility index (Phi) is 5.29. The topological polar surface area (TPSA) is 53.5 Å². The lowest BCUT2D eigenvalue weighted by molar-refractivity contribution is -0.119. The highest BCUT2D eigenvalue weighted by atomic mass is 35.5. The van der Waals surface area contributed by atoms with Crippen LogP contribution in [0.1, 0.15) is 5.56 Å². The van der Waals surface area contributed by atoms with Crippen molar-refractivity contribution >= 4 is 29.4 Å². The minimum Gasteiger partial charge on any atom is -0.376 e. The van der Waals surface area contributed by atoms with Crippen molar-refractivity contribution in [3.8, 4) is 0 Å². The van der Waals surface area contributed by atoms with Crippen molar-refractivity contribution in [1.82, 2.24) is 5.43 Å². The van der Waals surface area contributed by atoms with Crippen molar-refractivity contribution < 1.29 is 9.18 Å². The highest BCUT2D eigenvalue weighted by molar-refractivity contribution is 6.30. The molecule has 1 amide bonds. The molecule has 0 saturated carbocycles. The van der Waals surface area contributed by atoms with E-state index in [0.29, 0.717) is 10.7 Å². The van der Waals surface area contributed by atoms with Crippen LogP contribution < -0.4 is 10.7 Å². The standard InChI is InChI=1S/C15H13ClFN3O/c16-12-3-1-11(2-4-12)9-19-20-15(21)10-18-14-7-5-13(17)6-8-14/h1-9,18H,10H2,(H,20,21)/b19-9-. The third-order valence-electron chi connectivity index (χ3n) is 2.57. The van der Waals surface area contributed by atoms with Crippen LogP contribution in [0.5, 0.6) is 0 Å². The number of hydrogen-bond donors (Lipinski definition) is 2. The molecule has 21 heavy (non-hydrogen) atoms. The fourth-order valence-corrected chi connectivity index (χ4v) is 1.64. The van der Waals surface area contributed by atoms with Crippen LogP contribution in [0.2, 0.25) is 5.02 Å². The van der Waals surface area contributed by atoms with Crippen LogP contribution in [0.3, 0.4) is 0 Å². The maximum absolute atomic E-state index is 12.7. The summed E-state index contributed by atoms with van der Waals surface area (Å²) in [5.74, 6) is -0.623. The Hall–Kier alpha value is -2.40. The molecule has 0 aliphatic rings. The molecule has 2 rings (SSSR count). The minimum absolute atomic E-state index is 0.0452. The van der Waals surface area contributed by atoms with Crippen molar-refractivity contribution in [2.24, 2.45) is 5.10 Å². The van der Waals surface area contributed by atoms with Crippen molar-refractivity contribution in [3.63, 3.8) is 0 Å². The predicted molar refractivity (Wildman–Crippen MR) is 82.1 cm³/mol. The van der Waals surface area contributed by atoms with Crippen molar-refractivity contribution in [2.45, 2.75) is 0 Å². The molecule has 0 aliphatic heterocycles. The lowest BCUT2D eigenvalue weighted by atomic mass is 10.2. The van der Waals surface area contributed by atoms with E-state index in [1.54, 1.807) is 36.4 Å². The van der Waals surface area contributed by atoms with Crippen molar-refractivity contribution in [1.29, 1.82) is 0 Å². The van der Waals surface area contributed by atoms with E-state index >= 15 is 0 Å². The number of anilines is 1. The van der Waals surface area contributed by atoms with Gasteiger partial charge in [-0.05, 0) is 42.0 Å². The zero-order chi connectivity index (χ0) is 15.1. The van der Waals surface area contributed by atoms with Gasteiger partial charge in [-0.15, -0.1) is 0 Å². The number of nitrogens with zero attached hydrogens (tertiary/aromatic N) is 1. The van der Waals surface area contributed by atoms with E-state index in [-0.39, 0.29) is 18.3 Å². The van der Waals surface area contributed by atoms with E-state index in [2.05, 4.69) is 15.8 Å². The number of benzene rings is 2. The van der Waals surface area contributed by atoms with Gasteiger partial charge >= 0.3 is 0 Å². The summed E-state index contributed by atoms with van der Waals surface area (Å²) >= 11 is 5.76. The zero-order valence-corrected chi connectivity index (χ0v) is 11.8. The summed E-state index contributed by atoms with van der Waals surface area (Å²) in [6, 6.07) is 12.8. The average molecular weight is 306 g/mol. The Balaban J connectivity index is 1.77. The summed E-state index contributed by atoms with van der Waals surface area (Å²) in [4.78, 5) is 11.5. The van der Waals surface area contributed by atoms with Crippen LogP contribution in [0.4, 0.5) is 10.1 Å². The maximum Gasteiger partial charge on any atom is 0.259 e. The summed E-state index contributed by atoms with van der Waals surface area (Å²) < 4.78 is 12.7. The average Bonchev–Trinajstić information content (AvgIpc) is 2.49. The van der Waals surface area contributed by atoms with Gasteiger partial charge in [0.25, 0.3) is 5.91 Å². The molecule has 2 aromatic rings. The second-order valence-corrected chi connectivity index (χ2v) is 4.64. The van der Waals surface area contributed by atoms with E-state index in [1.165, 1.54) is 18.3 Å². The zero-order valence-electron chi connectivity index (χ0n) is 11.0. The minimum atomic E-state index is -0.322. The Morgan fingerprint density at radius 3 is 2.48 bits per heavy atom. The summed E-state index contributed by atoms with van der Waals surface area (Å²) in [6.07, 6.45) is 1.52. The van der Waals surface area contributed by atoms with Gasteiger partial charge in [-0.2, -0.15) is 5.10 Å². The second-order valence-electron chi connectivity index (χ2n) is 4.21. The first kappa shape index (κ1) is 15.0. The van der Waals surface area contributed by atoms with Crippen LogP contribution in [-0.2, 0) is 4.79 Å². The number of nitrogens with one attached hydrogen (secondary N) is 2. The van der Waals surface area contributed by atoms with Gasteiger partial charge in [-0.3, -0.25) is 4.79 Å². The highest BCUT2D eigenvalue weighted by Gasteiger charge is 1.99. The Bertz CT molecular complexity index is 626. The molecule has 108 valence electrons. The van der Waals surface area contributed by atoms with Gasteiger partial charge in [-0.1, -0.05) is 23.7 Å². The number of carbonyl (C=O) groups is 1. The Morgan fingerprint density at radius 2 is 1.81 bits per heavy atom. The van der Waals surface area contributed by atoms with E-state index in [4.69, 9.17) is 11.6 Å². The van der Waals surface area contributed by atoms with E-state index < -0.39 is 0 Å². The highest BCUT2D eigenvalue weighted by Crippen LogP contribution is 2.08. The molecule has 0 atom stereocenters. The first-order valence-electron chi connectivity index (χ1n) is 6.20. The molecule has 0 heterocycles. The molecule has 2 N–H and O–H groups in total. The molecule has 6 heteroatoms. The fourth-order valence-electron chi connectivity index (χ4n) is 1.52. The molecule has 0 radical (unpaired) electrons. The summed E-state index contributed by atoms with van der Waals surface area (Å²) in [5.41, 5.74) is 3.87. The van der Waals surface area contributed by atoms with E-state index in [9.17, 15) is 9.18 Å². The largest absolute Gasteiger partial charge is 0.376 e. The first-order chi connectivity index (χ1) is 10.1. The summed E-state index contributed by atoms with van der Waals surface area (Å²) in [7, 11) is 0. The second kappa shape index (κ2) is 7.40. The number of halogens is 2. The maximum atomic E-state index is 12.7. The molecule has 0 aliphatic carbocycles.